The van der Waals surface area contributed by atoms with Crippen LogP contribution in [0.4, 0.5) is 0 Å². The van der Waals surface area contributed by atoms with Gasteiger partial charge in [-0.2, -0.15) is 0 Å². The second kappa shape index (κ2) is 6.26. The largest absolute Gasteiger partial charge is 0.304 e. The highest BCUT2D eigenvalue weighted by atomic mass is 16.1. The van der Waals surface area contributed by atoms with Gasteiger partial charge in [-0.25, -0.2) is 4.98 Å². The Labute approximate surface area is 142 Å². The van der Waals surface area contributed by atoms with Crippen LogP contribution in [0.5, 0.6) is 0 Å². The van der Waals surface area contributed by atoms with Crippen molar-refractivity contribution in [2.75, 3.05) is 33.2 Å². The fourth-order valence-electron chi connectivity index (χ4n) is 4.32. The Hall–Kier alpha value is -1.79. The van der Waals surface area contributed by atoms with E-state index in [1.165, 1.54) is 25.7 Å². The maximum absolute atomic E-state index is 12.8. The summed E-state index contributed by atoms with van der Waals surface area (Å²) in [6, 6.07) is 1.80. The van der Waals surface area contributed by atoms with Gasteiger partial charge in [0.25, 0.3) is 5.56 Å². The van der Waals surface area contributed by atoms with Crippen LogP contribution >= 0.6 is 0 Å². The van der Waals surface area contributed by atoms with Gasteiger partial charge in [0.1, 0.15) is 0 Å². The predicted molar refractivity (Wildman–Crippen MR) is 94.1 cm³/mol. The number of fused-ring (bicyclic) bond motifs is 1. The smallest absolute Gasteiger partial charge is 0.262 e. The fraction of sp³-hybridized carbons (Fsp3) is 0.611. The molecule has 0 aromatic carbocycles. The first-order valence-corrected chi connectivity index (χ1v) is 8.91. The molecule has 1 aliphatic heterocycles. The van der Waals surface area contributed by atoms with Crippen LogP contribution in [0.3, 0.4) is 0 Å². The Morgan fingerprint density at radius 2 is 1.92 bits per heavy atom. The van der Waals surface area contributed by atoms with Crippen LogP contribution < -0.4 is 5.56 Å². The van der Waals surface area contributed by atoms with Crippen LogP contribution in [0.25, 0.3) is 10.9 Å². The van der Waals surface area contributed by atoms with Gasteiger partial charge in [-0.1, -0.05) is 12.8 Å². The number of nitrogens with zero attached hydrogens (tertiary/aromatic N) is 5. The van der Waals surface area contributed by atoms with E-state index in [2.05, 4.69) is 26.8 Å². The van der Waals surface area contributed by atoms with Crippen LogP contribution in [0.2, 0.25) is 0 Å². The van der Waals surface area contributed by atoms with Crippen LogP contribution in [0.15, 0.2) is 29.6 Å². The molecule has 0 bridgehead atoms. The minimum absolute atomic E-state index is 0.0357. The van der Waals surface area contributed by atoms with Gasteiger partial charge in [0.15, 0.2) is 0 Å². The number of piperazine rings is 1. The molecule has 0 unspecified atom stereocenters. The molecule has 6 nitrogen and oxygen atoms in total. The number of hydrogen-bond donors (Lipinski definition) is 0. The minimum Gasteiger partial charge on any atom is -0.304 e. The van der Waals surface area contributed by atoms with Crippen molar-refractivity contribution in [2.24, 2.45) is 0 Å². The average molecular weight is 327 g/mol. The van der Waals surface area contributed by atoms with Gasteiger partial charge < -0.3 is 4.90 Å². The molecule has 0 N–H and O–H groups in total. The summed E-state index contributed by atoms with van der Waals surface area (Å²) in [6.07, 6.45) is 9.90. The van der Waals surface area contributed by atoms with Gasteiger partial charge in [-0.05, 0) is 26.0 Å². The Kier molecular flexibility index (Phi) is 4.10. The fourth-order valence-corrected chi connectivity index (χ4v) is 4.32. The zero-order chi connectivity index (χ0) is 16.6. The topological polar surface area (TPSA) is 54.3 Å². The standard InChI is InChI=1S/C18H25N5O/c1-21-8-10-23(11-9-21)18(5-2-3-6-18)13-22-14-20-16-4-7-19-12-15(16)17(22)24/h4,7,12,14H,2-3,5-6,8-11,13H2,1H3. The molecule has 1 aliphatic carbocycles. The van der Waals surface area contributed by atoms with E-state index >= 15 is 0 Å². The first-order chi connectivity index (χ1) is 11.7. The molecule has 128 valence electrons. The molecule has 6 heteroatoms. The summed E-state index contributed by atoms with van der Waals surface area (Å²) >= 11 is 0. The molecular formula is C18H25N5O. The van der Waals surface area contributed by atoms with Crippen molar-refractivity contribution in [1.82, 2.24) is 24.3 Å². The van der Waals surface area contributed by atoms with E-state index in [0.717, 1.165) is 38.2 Å². The number of aromatic nitrogens is 3. The summed E-state index contributed by atoms with van der Waals surface area (Å²) in [4.78, 5) is 26.4. The lowest BCUT2D eigenvalue weighted by atomic mass is 9.93. The van der Waals surface area contributed by atoms with Gasteiger partial charge in [-0.3, -0.25) is 19.2 Å². The maximum Gasteiger partial charge on any atom is 0.262 e. The van der Waals surface area contributed by atoms with Gasteiger partial charge in [0.05, 0.1) is 17.2 Å². The third-order valence-corrected chi connectivity index (χ3v) is 5.80. The molecule has 2 aromatic heterocycles. The molecule has 0 atom stereocenters. The van der Waals surface area contributed by atoms with E-state index in [0.29, 0.717) is 5.39 Å². The summed E-state index contributed by atoms with van der Waals surface area (Å²) < 4.78 is 1.81. The summed E-state index contributed by atoms with van der Waals surface area (Å²) in [5, 5.41) is 0.617. The SMILES string of the molecule is CN1CCN(C2(Cn3cnc4ccncc4c3=O)CCCC2)CC1. The molecular weight excluding hydrogens is 302 g/mol. The van der Waals surface area contributed by atoms with E-state index in [-0.39, 0.29) is 11.1 Å². The second-order valence-electron chi connectivity index (χ2n) is 7.29. The van der Waals surface area contributed by atoms with Gasteiger partial charge in [-0.15, -0.1) is 0 Å². The quantitative estimate of drug-likeness (QED) is 0.852. The number of likely N-dealkylation sites (N-methyl/N-ethyl adjacent to an activating group) is 1. The monoisotopic (exact) mass is 327 g/mol. The summed E-state index contributed by atoms with van der Waals surface area (Å²) in [5.74, 6) is 0. The highest BCUT2D eigenvalue weighted by molar-refractivity contribution is 5.75. The molecule has 0 spiro atoms. The van der Waals surface area contributed by atoms with Crippen LogP contribution in [0, 0.1) is 0 Å². The Bertz CT molecular complexity index is 772. The lowest BCUT2D eigenvalue weighted by Crippen LogP contribution is -2.57. The van der Waals surface area contributed by atoms with Crippen molar-refractivity contribution >= 4 is 10.9 Å². The molecule has 1 saturated carbocycles. The van der Waals surface area contributed by atoms with Crippen molar-refractivity contribution < 1.29 is 0 Å². The number of rotatable bonds is 3. The Morgan fingerprint density at radius 1 is 1.17 bits per heavy atom. The maximum atomic E-state index is 12.8. The van der Waals surface area contributed by atoms with E-state index in [4.69, 9.17) is 0 Å². The van der Waals surface area contributed by atoms with Gasteiger partial charge in [0.2, 0.25) is 0 Å². The van der Waals surface area contributed by atoms with Gasteiger partial charge in [0, 0.05) is 50.7 Å². The molecule has 3 heterocycles. The van der Waals surface area contributed by atoms with E-state index < -0.39 is 0 Å². The second-order valence-corrected chi connectivity index (χ2v) is 7.29. The Morgan fingerprint density at radius 3 is 2.67 bits per heavy atom. The number of pyridine rings is 1. The summed E-state index contributed by atoms with van der Waals surface area (Å²) in [6.45, 7) is 5.14. The van der Waals surface area contributed by atoms with Crippen LogP contribution in [0.1, 0.15) is 25.7 Å². The Balaban J connectivity index is 1.66. The molecule has 2 fully saturated rings. The van der Waals surface area contributed by atoms with Crippen LogP contribution in [-0.2, 0) is 6.54 Å². The first-order valence-electron chi connectivity index (χ1n) is 8.91. The molecule has 2 aliphatic rings. The molecule has 0 amide bonds. The lowest BCUT2D eigenvalue weighted by molar-refractivity contribution is 0.0305. The normalized spacial score (nSPS) is 22.2. The zero-order valence-corrected chi connectivity index (χ0v) is 14.3. The third-order valence-electron chi connectivity index (χ3n) is 5.80. The molecule has 0 radical (unpaired) electrons. The number of hydrogen-bond acceptors (Lipinski definition) is 5. The van der Waals surface area contributed by atoms with Crippen molar-refractivity contribution in [3.05, 3.63) is 35.1 Å². The first kappa shape index (κ1) is 15.7. The van der Waals surface area contributed by atoms with Gasteiger partial charge >= 0.3 is 0 Å². The summed E-state index contributed by atoms with van der Waals surface area (Å²) in [7, 11) is 2.18. The molecule has 1 saturated heterocycles. The van der Waals surface area contributed by atoms with Crippen LogP contribution in [-0.4, -0.2) is 63.1 Å². The lowest BCUT2D eigenvalue weighted by Gasteiger charge is -2.45. The highest BCUT2D eigenvalue weighted by Crippen LogP contribution is 2.37. The predicted octanol–water partition coefficient (Wildman–Crippen LogP) is 1.35. The molecule has 4 rings (SSSR count). The van der Waals surface area contributed by atoms with E-state index in [1.54, 1.807) is 24.8 Å². The average Bonchev–Trinajstić information content (AvgIpc) is 3.08. The summed E-state index contributed by atoms with van der Waals surface area (Å²) in [5.41, 5.74) is 0.877. The van der Waals surface area contributed by atoms with Crippen molar-refractivity contribution in [3.8, 4) is 0 Å². The van der Waals surface area contributed by atoms with E-state index in [1.807, 2.05) is 4.57 Å². The van der Waals surface area contributed by atoms with Crippen molar-refractivity contribution in [1.29, 1.82) is 0 Å². The highest BCUT2D eigenvalue weighted by Gasteiger charge is 2.41. The van der Waals surface area contributed by atoms with Crippen molar-refractivity contribution in [2.45, 2.75) is 37.8 Å². The third kappa shape index (κ3) is 2.74. The molecule has 24 heavy (non-hydrogen) atoms. The zero-order valence-electron chi connectivity index (χ0n) is 14.3. The van der Waals surface area contributed by atoms with E-state index in [9.17, 15) is 4.79 Å². The van der Waals surface area contributed by atoms with Crippen molar-refractivity contribution in [3.63, 3.8) is 0 Å². The minimum atomic E-state index is 0.0357. The molecule has 2 aromatic rings.